The van der Waals surface area contributed by atoms with E-state index in [1.165, 1.54) is 11.1 Å². The molecule has 0 aliphatic rings. The van der Waals surface area contributed by atoms with E-state index in [1.807, 2.05) is 24.3 Å². The van der Waals surface area contributed by atoms with E-state index in [9.17, 15) is 0 Å². The maximum absolute atomic E-state index is 5.44. The first-order valence-electron chi connectivity index (χ1n) is 7.92. The van der Waals surface area contributed by atoms with Crippen LogP contribution in [0.2, 0.25) is 0 Å². The summed E-state index contributed by atoms with van der Waals surface area (Å²) in [4.78, 5) is 0. The fraction of sp³-hybridized carbons (Fsp3) is 0.400. The van der Waals surface area contributed by atoms with Crippen molar-refractivity contribution in [3.63, 3.8) is 0 Å². The minimum absolute atomic E-state index is 0.210. The summed E-state index contributed by atoms with van der Waals surface area (Å²) < 4.78 is 10.9. The summed E-state index contributed by atoms with van der Waals surface area (Å²) in [5.74, 6) is 0.970. The second-order valence-electron chi connectivity index (χ2n) is 6.67. The Morgan fingerprint density at radius 1 is 1.00 bits per heavy atom. The summed E-state index contributed by atoms with van der Waals surface area (Å²) in [7, 11) is 0. The summed E-state index contributed by atoms with van der Waals surface area (Å²) in [5.41, 5.74) is 4.82. The van der Waals surface area contributed by atoms with Crippen molar-refractivity contribution in [2.45, 2.75) is 46.5 Å². The van der Waals surface area contributed by atoms with Crippen LogP contribution in [0.1, 0.15) is 45.2 Å². The van der Waals surface area contributed by atoms with Crippen LogP contribution < -0.4 is 4.74 Å². The Morgan fingerprint density at radius 3 is 2.09 bits per heavy atom. The molecule has 0 unspecified atom stereocenters. The highest BCUT2D eigenvalue weighted by Gasteiger charge is 2.19. The molecule has 0 amide bonds. The van der Waals surface area contributed by atoms with Gasteiger partial charge in [0.05, 0.1) is 6.61 Å². The Hall–Kier alpha value is -1.96. The van der Waals surface area contributed by atoms with Gasteiger partial charge in [-0.3, -0.25) is 0 Å². The molecule has 2 heteroatoms. The third kappa shape index (κ3) is 4.27. The van der Waals surface area contributed by atoms with Crippen molar-refractivity contribution in [3.05, 3.63) is 53.6 Å². The van der Waals surface area contributed by atoms with Crippen molar-refractivity contribution in [1.82, 2.24) is 0 Å². The fourth-order valence-corrected chi connectivity index (χ4v) is 2.23. The van der Waals surface area contributed by atoms with E-state index in [1.54, 1.807) is 0 Å². The third-order valence-electron chi connectivity index (χ3n) is 3.48. The van der Waals surface area contributed by atoms with Gasteiger partial charge in [-0.25, -0.2) is 0 Å². The van der Waals surface area contributed by atoms with Gasteiger partial charge in [-0.2, -0.15) is 0 Å². The zero-order valence-electron chi connectivity index (χ0n) is 14.3. The molecule has 0 N–H and O–H groups in total. The Labute approximate surface area is 133 Å². The Morgan fingerprint density at radius 2 is 1.68 bits per heavy atom. The lowest BCUT2D eigenvalue weighted by Gasteiger charge is -2.16. The summed E-state index contributed by atoms with van der Waals surface area (Å²) in [6.45, 7) is 11.6. The van der Waals surface area contributed by atoms with Crippen LogP contribution in [0.25, 0.3) is 11.2 Å². The SMILES string of the molecule is CC(C)(C)c1cc2ccc1o2.CCCOc1ccc(C)cc1. The monoisotopic (exact) mass is 298 g/mol. The van der Waals surface area contributed by atoms with Gasteiger partial charge in [-0.1, -0.05) is 45.4 Å². The molecule has 0 aliphatic carbocycles. The Bertz CT molecular complexity index is 671. The standard InChI is InChI=1S/C10H12O.C10H14O/c1-10(2,3)8-6-7-4-5-9(8)11-7;1-3-8-11-10-6-4-9(2)5-7-10/h4-6H,1-3H3;4-7H,3,8H2,1-2H3. The highest BCUT2D eigenvalue weighted by molar-refractivity contribution is 5.67. The molecule has 0 saturated heterocycles. The molecule has 0 spiro atoms. The van der Waals surface area contributed by atoms with Crippen molar-refractivity contribution in [2.75, 3.05) is 6.61 Å². The van der Waals surface area contributed by atoms with E-state index >= 15 is 0 Å². The van der Waals surface area contributed by atoms with Crippen LogP contribution in [0.15, 0.2) is 46.9 Å². The smallest absolute Gasteiger partial charge is 0.131 e. The average Bonchev–Trinajstić information content (AvgIpc) is 3.10. The summed E-state index contributed by atoms with van der Waals surface area (Å²) in [5, 5.41) is 0. The second kappa shape index (κ2) is 6.87. The Balaban J connectivity index is 0.000000160. The van der Waals surface area contributed by atoms with E-state index in [4.69, 9.17) is 9.15 Å². The Kier molecular flexibility index (Phi) is 5.12. The largest absolute Gasteiger partial charge is 0.494 e. The van der Waals surface area contributed by atoms with Crippen LogP contribution in [0, 0.1) is 6.92 Å². The molecule has 0 radical (unpaired) electrons. The van der Waals surface area contributed by atoms with Gasteiger partial charge >= 0.3 is 0 Å². The first kappa shape index (κ1) is 16.4. The van der Waals surface area contributed by atoms with Crippen LogP contribution in [0.3, 0.4) is 0 Å². The molecule has 0 atom stereocenters. The molecule has 0 fully saturated rings. The number of aryl methyl sites for hydroxylation is 1. The first-order chi connectivity index (χ1) is 10.4. The lowest BCUT2D eigenvalue weighted by molar-refractivity contribution is 0.317. The van der Waals surface area contributed by atoms with Crippen molar-refractivity contribution in [3.8, 4) is 5.75 Å². The van der Waals surface area contributed by atoms with Gasteiger partial charge in [0.1, 0.15) is 16.9 Å². The van der Waals surface area contributed by atoms with Crippen molar-refractivity contribution in [1.29, 1.82) is 0 Å². The summed E-state index contributed by atoms with van der Waals surface area (Å²) in [6, 6.07) is 14.3. The molecule has 2 bridgehead atoms. The van der Waals surface area contributed by atoms with Crippen LogP contribution in [0.5, 0.6) is 5.75 Å². The normalized spacial score (nSPS) is 11.3. The summed E-state index contributed by atoms with van der Waals surface area (Å²) >= 11 is 0. The number of ether oxygens (including phenoxy) is 1. The van der Waals surface area contributed by atoms with Crippen LogP contribution >= 0.6 is 0 Å². The second-order valence-corrected chi connectivity index (χ2v) is 6.67. The summed E-state index contributed by atoms with van der Waals surface area (Å²) in [6.07, 6.45) is 1.06. The minimum atomic E-state index is 0.210. The van der Waals surface area contributed by atoms with Gasteiger partial charge in [0.2, 0.25) is 0 Å². The van der Waals surface area contributed by atoms with Gasteiger partial charge < -0.3 is 9.15 Å². The zero-order chi connectivity index (χ0) is 16.2. The number of hydrogen-bond donors (Lipinski definition) is 0. The third-order valence-corrected chi connectivity index (χ3v) is 3.48. The molecule has 118 valence electrons. The molecule has 3 rings (SSSR count). The molecule has 0 aliphatic heterocycles. The van der Waals surface area contributed by atoms with Crippen LogP contribution in [-0.2, 0) is 5.41 Å². The van der Waals surface area contributed by atoms with E-state index in [0.29, 0.717) is 0 Å². The molecule has 22 heavy (non-hydrogen) atoms. The average molecular weight is 298 g/mol. The maximum atomic E-state index is 5.44. The molecule has 2 nitrogen and oxygen atoms in total. The van der Waals surface area contributed by atoms with Gasteiger partial charge in [0, 0.05) is 5.56 Å². The number of rotatable bonds is 3. The van der Waals surface area contributed by atoms with E-state index in [0.717, 1.165) is 29.9 Å². The quantitative estimate of drug-likeness (QED) is 0.596. The van der Waals surface area contributed by atoms with Gasteiger partial charge in [-0.15, -0.1) is 0 Å². The number of hydrogen-bond acceptors (Lipinski definition) is 2. The predicted molar refractivity (Wildman–Crippen MR) is 93.1 cm³/mol. The number of furan rings is 2. The van der Waals surface area contributed by atoms with Gasteiger partial charge in [-0.05, 0) is 49.1 Å². The van der Waals surface area contributed by atoms with Gasteiger partial charge in [0.15, 0.2) is 0 Å². The minimum Gasteiger partial charge on any atom is -0.494 e. The van der Waals surface area contributed by atoms with E-state index < -0.39 is 0 Å². The highest BCUT2D eigenvalue weighted by atomic mass is 16.5. The first-order valence-corrected chi connectivity index (χ1v) is 7.92. The zero-order valence-corrected chi connectivity index (χ0v) is 14.3. The van der Waals surface area contributed by atoms with Crippen molar-refractivity contribution >= 4 is 11.2 Å². The lowest BCUT2D eigenvalue weighted by atomic mass is 9.87. The molecule has 2 heterocycles. The fourth-order valence-electron chi connectivity index (χ4n) is 2.23. The number of benzene rings is 2. The molecule has 2 aromatic heterocycles. The molecule has 3 aromatic rings. The molecular formula is C20H26O2. The van der Waals surface area contributed by atoms with E-state index in [-0.39, 0.29) is 5.41 Å². The molecule has 0 saturated carbocycles. The van der Waals surface area contributed by atoms with Crippen molar-refractivity contribution < 1.29 is 9.15 Å². The van der Waals surface area contributed by atoms with Crippen molar-refractivity contribution in [2.24, 2.45) is 0 Å². The topological polar surface area (TPSA) is 22.4 Å². The maximum Gasteiger partial charge on any atom is 0.131 e. The van der Waals surface area contributed by atoms with Gasteiger partial charge in [0.25, 0.3) is 0 Å². The van der Waals surface area contributed by atoms with E-state index in [2.05, 4.69) is 52.8 Å². The number of fused-ring (bicyclic) bond motifs is 2. The molecule has 1 aromatic carbocycles. The van der Waals surface area contributed by atoms with Crippen LogP contribution in [0.4, 0.5) is 0 Å². The molecular weight excluding hydrogens is 272 g/mol. The predicted octanol–water partition coefficient (Wildman–Crippen LogP) is 5.95. The van der Waals surface area contributed by atoms with Crippen LogP contribution in [-0.4, -0.2) is 6.61 Å². The lowest BCUT2D eigenvalue weighted by Crippen LogP contribution is -2.09. The highest BCUT2D eigenvalue weighted by Crippen LogP contribution is 2.32.